The second-order valence-electron chi connectivity index (χ2n) is 5.09. The molecule has 0 spiro atoms. The van der Waals surface area contributed by atoms with Crippen LogP contribution in [0.15, 0.2) is 24.5 Å². The molecule has 8 heteroatoms. The largest absolute Gasteiger partial charge is 0.327 e. The number of hydrogen-bond donors (Lipinski definition) is 0. The maximum absolute atomic E-state index is 13.6. The van der Waals surface area contributed by atoms with Gasteiger partial charge in [0.2, 0.25) is 0 Å². The molecule has 1 aliphatic heterocycles. The lowest BCUT2D eigenvalue weighted by Gasteiger charge is -2.33. The number of hydrogen-bond acceptors (Lipinski definition) is 3. The minimum atomic E-state index is -2.91. The summed E-state index contributed by atoms with van der Waals surface area (Å²) in [7, 11) is 0. The second kappa shape index (κ2) is 5.43. The first kappa shape index (κ1) is 14.6. The standard InChI is InChI=1S/C14H13F3N4O/c1-8-13-19-18-7-20(13)4-5-21(8)14(22)9-2-3-10(12(16)17)11(15)6-9/h2-3,6-8,12H,4-5H2,1H3. The van der Waals surface area contributed by atoms with Crippen LogP contribution in [0.25, 0.3) is 0 Å². The highest BCUT2D eigenvalue weighted by Gasteiger charge is 2.30. The van der Waals surface area contributed by atoms with Crippen molar-refractivity contribution in [1.82, 2.24) is 19.7 Å². The van der Waals surface area contributed by atoms with Crippen molar-refractivity contribution in [2.45, 2.75) is 25.9 Å². The molecule has 0 fully saturated rings. The van der Waals surface area contributed by atoms with E-state index in [0.29, 0.717) is 18.9 Å². The van der Waals surface area contributed by atoms with Crippen LogP contribution in [0.4, 0.5) is 13.2 Å². The number of halogens is 3. The molecule has 0 saturated carbocycles. The van der Waals surface area contributed by atoms with Gasteiger partial charge in [-0.05, 0) is 25.1 Å². The molecule has 0 N–H and O–H groups in total. The highest BCUT2D eigenvalue weighted by atomic mass is 19.3. The molecule has 5 nitrogen and oxygen atoms in total. The second-order valence-corrected chi connectivity index (χ2v) is 5.09. The topological polar surface area (TPSA) is 51.0 Å². The average molecular weight is 310 g/mol. The zero-order valence-electron chi connectivity index (χ0n) is 11.7. The Morgan fingerprint density at radius 2 is 2.14 bits per heavy atom. The van der Waals surface area contributed by atoms with Crippen LogP contribution in [0, 0.1) is 5.82 Å². The molecule has 1 aromatic carbocycles. The molecule has 0 bridgehead atoms. The molecular weight excluding hydrogens is 297 g/mol. The van der Waals surface area contributed by atoms with Crippen molar-refractivity contribution in [2.24, 2.45) is 0 Å². The molecule has 1 unspecified atom stereocenters. The first-order valence-electron chi connectivity index (χ1n) is 6.75. The van der Waals surface area contributed by atoms with Crippen molar-refractivity contribution in [3.8, 4) is 0 Å². The number of carbonyl (C=O) groups is 1. The maximum Gasteiger partial charge on any atom is 0.266 e. The van der Waals surface area contributed by atoms with Crippen molar-refractivity contribution in [1.29, 1.82) is 0 Å². The normalized spacial score (nSPS) is 17.7. The fourth-order valence-corrected chi connectivity index (χ4v) is 2.59. The van der Waals surface area contributed by atoms with Crippen LogP contribution < -0.4 is 0 Å². The van der Waals surface area contributed by atoms with Gasteiger partial charge in [-0.15, -0.1) is 10.2 Å². The monoisotopic (exact) mass is 310 g/mol. The molecule has 1 aromatic heterocycles. The van der Waals surface area contributed by atoms with Crippen LogP contribution in [-0.4, -0.2) is 32.1 Å². The Morgan fingerprint density at radius 1 is 1.36 bits per heavy atom. The molecular formula is C14H13F3N4O. The molecule has 22 heavy (non-hydrogen) atoms. The Bertz CT molecular complexity index is 716. The lowest BCUT2D eigenvalue weighted by atomic mass is 10.1. The van der Waals surface area contributed by atoms with Crippen LogP contribution in [0.3, 0.4) is 0 Å². The first-order valence-corrected chi connectivity index (χ1v) is 6.75. The van der Waals surface area contributed by atoms with Gasteiger partial charge in [-0.1, -0.05) is 0 Å². The Labute approximate surface area is 124 Å². The number of nitrogens with zero attached hydrogens (tertiary/aromatic N) is 4. The number of rotatable bonds is 2. The van der Waals surface area contributed by atoms with Crippen LogP contribution in [0.2, 0.25) is 0 Å². The quantitative estimate of drug-likeness (QED) is 0.856. The summed E-state index contributed by atoms with van der Waals surface area (Å²) in [5.41, 5.74) is -0.662. The SMILES string of the molecule is CC1c2nncn2CCN1C(=O)c1ccc(C(F)F)c(F)c1. The van der Waals surface area contributed by atoms with Crippen LogP contribution in [0.5, 0.6) is 0 Å². The van der Waals surface area contributed by atoms with Crippen molar-refractivity contribution < 1.29 is 18.0 Å². The molecule has 1 atom stereocenters. The van der Waals surface area contributed by atoms with Gasteiger partial charge in [0, 0.05) is 18.7 Å². The number of fused-ring (bicyclic) bond motifs is 1. The van der Waals surface area contributed by atoms with Gasteiger partial charge < -0.3 is 9.47 Å². The fraction of sp³-hybridized carbons (Fsp3) is 0.357. The summed E-state index contributed by atoms with van der Waals surface area (Å²) < 4.78 is 40.6. The molecule has 2 heterocycles. The van der Waals surface area contributed by atoms with Crippen molar-refractivity contribution in [3.63, 3.8) is 0 Å². The Hall–Kier alpha value is -2.38. The van der Waals surface area contributed by atoms with Crippen LogP contribution in [-0.2, 0) is 6.54 Å². The minimum absolute atomic E-state index is 0.0433. The van der Waals surface area contributed by atoms with Crippen LogP contribution in [0.1, 0.15) is 41.1 Å². The summed E-state index contributed by atoms with van der Waals surface area (Å²) in [6, 6.07) is 2.71. The van der Waals surface area contributed by atoms with E-state index in [-0.39, 0.29) is 11.6 Å². The van der Waals surface area contributed by atoms with Gasteiger partial charge in [-0.2, -0.15) is 0 Å². The number of amides is 1. The van der Waals surface area contributed by atoms with E-state index in [1.807, 2.05) is 4.57 Å². The third kappa shape index (κ3) is 2.34. The van der Waals surface area contributed by atoms with E-state index < -0.39 is 23.7 Å². The highest BCUT2D eigenvalue weighted by molar-refractivity contribution is 5.94. The summed E-state index contributed by atoms with van der Waals surface area (Å²) >= 11 is 0. The lowest BCUT2D eigenvalue weighted by molar-refractivity contribution is 0.0636. The molecule has 2 aromatic rings. The van der Waals surface area contributed by atoms with E-state index in [1.54, 1.807) is 13.3 Å². The first-order chi connectivity index (χ1) is 10.5. The third-order valence-electron chi connectivity index (χ3n) is 3.81. The van der Waals surface area contributed by atoms with Crippen molar-refractivity contribution >= 4 is 5.91 Å². The summed E-state index contributed by atoms with van der Waals surface area (Å²) in [4.78, 5) is 14.0. The number of aromatic nitrogens is 3. The average Bonchev–Trinajstić information content (AvgIpc) is 2.96. The molecule has 3 rings (SSSR count). The zero-order valence-corrected chi connectivity index (χ0v) is 11.7. The van der Waals surface area contributed by atoms with Crippen molar-refractivity contribution in [2.75, 3.05) is 6.54 Å². The van der Waals surface area contributed by atoms with Gasteiger partial charge in [-0.3, -0.25) is 4.79 Å². The van der Waals surface area contributed by atoms with Crippen LogP contribution >= 0.6 is 0 Å². The van der Waals surface area contributed by atoms with Crippen molar-refractivity contribution in [3.05, 3.63) is 47.3 Å². The molecule has 116 valence electrons. The lowest BCUT2D eigenvalue weighted by Crippen LogP contribution is -2.41. The number of carbonyl (C=O) groups excluding carboxylic acids is 1. The van der Waals surface area contributed by atoms with E-state index in [2.05, 4.69) is 10.2 Å². The third-order valence-corrected chi connectivity index (χ3v) is 3.81. The molecule has 1 amide bonds. The number of benzene rings is 1. The van der Waals surface area contributed by atoms with Gasteiger partial charge in [-0.25, -0.2) is 13.2 Å². The van der Waals surface area contributed by atoms with E-state index >= 15 is 0 Å². The van der Waals surface area contributed by atoms with Gasteiger partial charge in [0.15, 0.2) is 5.82 Å². The Kier molecular flexibility index (Phi) is 3.59. The Morgan fingerprint density at radius 3 is 2.82 bits per heavy atom. The van der Waals surface area contributed by atoms with Gasteiger partial charge in [0.05, 0.1) is 11.6 Å². The van der Waals surface area contributed by atoms with Gasteiger partial charge in [0.1, 0.15) is 12.1 Å². The summed E-state index contributed by atoms with van der Waals surface area (Å²) in [6.07, 6.45) is -1.32. The summed E-state index contributed by atoms with van der Waals surface area (Å²) in [6.45, 7) is 2.75. The van der Waals surface area contributed by atoms with Gasteiger partial charge in [0.25, 0.3) is 12.3 Å². The van der Waals surface area contributed by atoms with E-state index in [4.69, 9.17) is 0 Å². The van der Waals surface area contributed by atoms with E-state index in [9.17, 15) is 18.0 Å². The van der Waals surface area contributed by atoms with Gasteiger partial charge >= 0.3 is 0 Å². The number of alkyl halides is 2. The zero-order chi connectivity index (χ0) is 15.9. The smallest absolute Gasteiger partial charge is 0.266 e. The Balaban J connectivity index is 1.87. The molecule has 0 aliphatic carbocycles. The highest BCUT2D eigenvalue weighted by Crippen LogP contribution is 2.27. The molecule has 1 aliphatic rings. The predicted octanol–water partition coefficient (Wildman–Crippen LogP) is 2.57. The molecule has 0 radical (unpaired) electrons. The fourth-order valence-electron chi connectivity index (χ4n) is 2.59. The summed E-state index contributed by atoms with van der Waals surface area (Å²) in [5, 5.41) is 7.76. The minimum Gasteiger partial charge on any atom is -0.327 e. The van der Waals surface area contributed by atoms with E-state index in [0.717, 1.165) is 12.1 Å². The summed E-state index contributed by atoms with van der Waals surface area (Å²) in [5.74, 6) is -0.848. The maximum atomic E-state index is 13.6. The predicted molar refractivity (Wildman–Crippen MR) is 70.8 cm³/mol. The molecule has 0 saturated heterocycles. The van der Waals surface area contributed by atoms with E-state index in [1.165, 1.54) is 11.0 Å².